The fourth-order valence-corrected chi connectivity index (χ4v) is 4.50. The molecule has 0 radical (unpaired) electrons. The predicted molar refractivity (Wildman–Crippen MR) is 120 cm³/mol. The van der Waals surface area contributed by atoms with Gasteiger partial charge < -0.3 is 4.74 Å². The van der Waals surface area contributed by atoms with Crippen molar-refractivity contribution >= 4 is 27.7 Å². The molecule has 0 N–H and O–H groups in total. The third kappa shape index (κ3) is 4.21. The Hall–Kier alpha value is -2.64. The standard InChI is InChI=1S/C22H19BrN4OS/c1-15-6-3-4-8-19(15)27-21(17-7-5-11-24-13-17)25-26-22(27)29-14-16-9-10-20(28-2)18(23)12-16/h3-13H,14H2,1-2H3. The van der Waals surface area contributed by atoms with Crippen LogP contribution in [0, 0.1) is 6.92 Å². The van der Waals surface area contributed by atoms with Gasteiger partial charge in [-0.2, -0.15) is 0 Å². The van der Waals surface area contributed by atoms with Gasteiger partial charge in [0.2, 0.25) is 0 Å². The normalized spacial score (nSPS) is 10.9. The molecule has 0 aliphatic rings. The maximum absolute atomic E-state index is 5.32. The summed E-state index contributed by atoms with van der Waals surface area (Å²) in [4.78, 5) is 4.24. The zero-order valence-corrected chi connectivity index (χ0v) is 18.4. The van der Waals surface area contributed by atoms with Crippen molar-refractivity contribution in [1.29, 1.82) is 0 Å². The van der Waals surface area contributed by atoms with Crippen molar-refractivity contribution in [3.8, 4) is 22.8 Å². The number of benzene rings is 2. The van der Waals surface area contributed by atoms with Gasteiger partial charge in [0.15, 0.2) is 11.0 Å². The zero-order valence-electron chi connectivity index (χ0n) is 16.0. The van der Waals surface area contributed by atoms with E-state index in [1.165, 1.54) is 5.56 Å². The molecule has 4 aromatic rings. The largest absolute Gasteiger partial charge is 0.496 e. The SMILES string of the molecule is COc1ccc(CSc2nnc(-c3cccnc3)n2-c2ccccc2C)cc1Br. The number of para-hydroxylation sites is 1. The number of halogens is 1. The number of methoxy groups -OCH3 is 1. The molecule has 7 heteroatoms. The van der Waals surface area contributed by atoms with E-state index in [4.69, 9.17) is 4.74 Å². The Morgan fingerprint density at radius 1 is 1.07 bits per heavy atom. The van der Waals surface area contributed by atoms with E-state index in [0.717, 1.165) is 43.8 Å². The first-order valence-electron chi connectivity index (χ1n) is 9.04. The van der Waals surface area contributed by atoms with Crippen molar-refractivity contribution in [3.05, 3.63) is 82.6 Å². The summed E-state index contributed by atoms with van der Waals surface area (Å²) in [5.41, 5.74) is 4.33. The van der Waals surface area contributed by atoms with Crippen molar-refractivity contribution < 1.29 is 4.74 Å². The molecule has 146 valence electrons. The van der Waals surface area contributed by atoms with E-state index in [-0.39, 0.29) is 0 Å². The van der Waals surface area contributed by atoms with Crippen molar-refractivity contribution in [2.24, 2.45) is 0 Å². The molecule has 4 rings (SSSR count). The van der Waals surface area contributed by atoms with E-state index in [1.54, 1.807) is 25.1 Å². The quantitative estimate of drug-likeness (QED) is 0.341. The van der Waals surface area contributed by atoms with Gasteiger partial charge >= 0.3 is 0 Å². The van der Waals surface area contributed by atoms with Crippen molar-refractivity contribution in [1.82, 2.24) is 19.7 Å². The summed E-state index contributed by atoms with van der Waals surface area (Å²) < 4.78 is 8.37. The van der Waals surface area contributed by atoms with Crippen LogP contribution in [0.15, 0.2) is 76.6 Å². The minimum atomic E-state index is 0.764. The number of nitrogens with zero attached hydrogens (tertiary/aromatic N) is 4. The topological polar surface area (TPSA) is 52.8 Å². The summed E-state index contributed by atoms with van der Waals surface area (Å²) in [5.74, 6) is 2.37. The molecule has 0 amide bonds. The number of rotatable bonds is 6. The molecule has 0 aliphatic heterocycles. The van der Waals surface area contributed by atoms with Crippen molar-refractivity contribution in [3.63, 3.8) is 0 Å². The Morgan fingerprint density at radius 3 is 2.66 bits per heavy atom. The Bertz CT molecular complexity index is 1130. The summed E-state index contributed by atoms with van der Waals surface area (Å²) in [6.45, 7) is 2.09. The van der Waals surface area contributed by atoms with E-state index in [2.05, 4.69) is 66.9 Å². The van der Waals surface area contributed by atoms with Crippen LogP contribution in [0.5, 0.6) is 5.75 Å². The molecule has 0 fully saturated rings. The fourth-order valence-electron chi connectivity index (χ4n) is 3.02. The fraction of sp³-hybridized carbons (Fsp3) is 0.136. The first-order chi connectivity index (χ1) is 14.2. The van der Waals surface area contributed by atoms with Gasteiger partial charge in [-0.25, -0.2) is 0 Å². The van der Waals surface area contributed by atoms with Crippen LogP contribution in [-0.4, -0.2) is 26.9 Å². The summed E-state index contributed by atoms with van der Waals surface area (Å²) >= 11 is 5.20. The van der Waals surface area contributed by atoms with Crippen LogP contribution >= 0.6 is 27.7 Å². The molecular formula is C22H19BrN4OS. The van der Waals surface area contributed by atoms with Gasteiger partial charge in [-0.15, -0.1) is 10.2 Å². The molecule has 0 atom stereocenters. The highest BCUT2D eigenvalue weighted by molar-refractivity contribution is 9.10. The Morgan fingerprint density at radius 2 is 1.93 bits per heavy atom. The highest BCUT2D eigenvalue weighted by Gasteiger charge is 2.17. The van der Waals surface area contributed by atoms with Gasteiger partial charge in [0.1, 0.15) is 5.75 Å². The van der Waals surface area contributed by atoms with Crippen LogP contribution in [0.4, 0.5) is 0 Å². The monoisotopic (exact) mass is 466 g/mol. The zero-order chi connectivity index (χ0) is 20.2. The molecule has 0 spiro atoms. The number of ether oxygens (including phenoxy) is 1. The van der Waals surface area contributed by atoms with E-state index in [9.17, 15) is 0 Å². The Kier molecular flexibility index (Phi) is 5.97. The summed E-state index contributed by atoms with van der Waals surface area (Å²) in [6.07, 6.45) is 3.57. The average Bonchev–Trinajstić information content (AvgIpc) is 3.17. The number of hydrogen-bond acceptors (Lipinski definition) is 5. The molecule has 0 saturated heterocycles. The second-order valence-electron chi connectivity index (χ2n) is 6.43. The van der Waals surface area contributed by atoms with Gasteiger partial charge in [-0.05, 0) is 64.3 Å². The van der Waals surface area contributed by atoms with Crippen molar-refractivity contribution in [2.45, 2.75) is 17.8 Å². The molecule has 2 aromatic carbocycles. The van der Waals surface area contributed by atoms with Gasteiger partial charge in [-0.3, -0.25) is 9.55 Å². The van der Waals surface area contributed by atoms with Crippen LogP contribution in [0.3, 0.4) is 0 Å². The molecule has 0 saturated carbocycles. The second kappa shape index (κ2) is 8.80. The first kappa shape index (κ1) is 19.7. The number of aryl methyl sites for hydroxylation is 1. The highest BCUT2D eigenvalue weighted by atomic mass is 79.9. The molecule has 2 heterocycles. The third-order valence-corrected chi connectivity index (χ3v) is 6.11. The van der Waals surface area contributed by atoms with Gasteiger partial charge in [0, 0.05) is 23.7 Å². The molecule has 2 aromatic heterocycles. The van der Waals surface area contributed by atoms with Gasteiger partial charge in [0.05, 0.1) is 17.3 Å². The predicted octanol–water partition coefficient (Wildman–Crippen LogP) is 5.70. The van der Waals surface area contributed by atoms with E-state index >= 15 is 0 Å². The average molecular weight is 467 g/mol. The minimum Gasteiger partial charge on any atom is -0.496 e. The molecule has 29 heavy (non-hydrogen) atoms. The van der Waals surface area contributed by atoms with Gasteiger partial charge in [0.25, 0.3) is 0 Å². The highest BCUT2D eigenvalue weighted by Crippen LogP contribution is 2.32. The molecule has 5 nitrogen and oxygen atoms in total. The van der Waals surface area contributed by atoms with Crippen LogP contribution in [0.25, 0.3) is 17.1 Å². The number of hydrogen-bond donors (Lipinski definition) is 0. The lowest BCUT2D eigenvalue weighted by molar-refractivity contribution is 0.412. The van der Waals surface area contributed by atoms with Crippen LogP contribution in [0.1, 0.15) is 11.1 Å². The molecule has 0 aliphatic carbocycles. The lowest BCUT2D eigenvalue weighted by Crippen LogP contribution is -2.02. The molecule has 0 bridgehead atoms. The van der Waals surface area contributed by atoms with Crippen LogP contribution in [0.2, 0.25) is 0 Å². The first-order valence-corrected chi connectivity index (χ1v) is 10.8. The molecular weight excluding hydrogens is 448 g/mol. The third-order valence-electron chi connectivity index (χ3n) is 4.49. The van der Waals surface area contributed by atoms with E-state index in [1.807, 2.05) is 36.5 Å². The van der Waals surface area contributed by atoms with Crippen LogP contribution < -0.4 is 4.74 Å². The smallest absolute Gasteiger partial charge is 0.196 e. The maximum Gasteiger partial charge on any atom is 0.196 e. The second-order valence-corrected chi connectivity index (χ2v) is 8.22. The van der Waals surface area contributed by atoms with Gasteiger partial charge in [-0.1, -0.05) is 36.0 Å². The number of thioether (sulfide) groups is 1. The molecule has 0 unspecified atom stereocenters. The number of aromatic nitrogens is 4. The lowest BCUT2D eigenvalue weighted by Gasteiger charge is -2.13. The Balaban J connectivity index is 1.71. The Labute approximate surface area is 182 Å². The lowest BCUT2D eigenvalue weighted by atomic mass is 10.2. The van der Waals surface area contributed by atoms with E-state index < -0.39 is 0 Å². The minimum absolute atomic E-state index is 0.764. The summed E-state index contributed by atoms with van der Waals surface area (Å²) in [5, 5.41) is 9.81. The van der Waals surface area contributed by atoms with E-state index in [0.29, 0.717) is 0 Å². The maximum atomic E-state index is 5.32. The summed E-state index contributed by atoms with van der Waals surface area (Å²) in [7, 11) is 1.67. The van der Waals surface area contributed by atoms with Crippen molar-refractivity contribution in [2.75, 3.05) is 7.11 Å². The summed E-state index contributed by atoms with van der Waals surface area (Å²) in [6, 6.07) is 18.3. The van der Waals surface area contributed by atoms with Crippen LogP contribution in [-0.2, 0) is 5.75 Å². The number of pyridine rings is 1.